The van der Waals surface area contributed by atoms with Crippen LogP contribution in [0.4, 0.5) is 0 Å². The molecular weight excluding hydrogens is 469 g/mol. The van der Waals surface area contributed by atoms with Crippen molar-refractivity contribution < 1.29 is 14.3 Å². The normalized spacial score (nSPS) is 16.5. The smallest absolute Gasteiger partial charge is 0.231 e. The van der Waals surface area contributed by atoms with Gasteiger partial charge in [0.25, 0.3) is 0 Å². The average molecular weight is 487 g/mol. The predicted octanol–water partition coefficient (Wildman–Crippen LogP) is 6.92. The van der Waals surface area contributed by atoms with Crippen molar-refractivity contribution in [1.82, 2.24) is 4.90 Å². The van der Waals surface area contributed by atoms with Crippen LogP contribution in [0.5, 0.6) is 11.5 Å². The number of carbonyl (C=O) groups is 1. The highest BCUT2D eigenvalue weighted by atomic mass is 35.5. The standard InChI is InChI=1S/C25H18Cl3NO3/c1-14-24-17(12-29(13-31-24)11-15-6-7-20(27)21(28)8-15)9-18-23(30)22(32-25(14)18)10-16-4-2-3-5-19(16)26/h2-10H,11-13H2,1H3/b22-10-. The lowest BCUT2D eigenvalue weighted by atomic mass is 10.00. The molecule has 5 rings (SSSR count). The lowest BCUT2D eigenvalue weighted by Gasteiger charge is -2.30. The van der Waals surface area contributed by atoms with Gasteiger partial charge in [0.1, 0.15) is 18.2 Å². The first-order chi connectivity index (χ1) is 15.4. The Morgan fingerprint density at radius 1 is 1.00 bits per heavy atom. The first kappa shape index (κ1) is 21.4. The minimum atomic E-state index is -0.160. The number of allylic oxidation sites excluding steroid dienone is 1. The Labute approximate surface area is 200 Å². The van der Waals surface area contributed by atoms with Crippen LogP contribution in [0.3, 0.4) is 0 Å². The molecule has 4 nitrogen and oxygen atoms in total. The van der Waals surface area contributed by atoms with E-state index >= 15 is 0 Å². The molecule has 162 valence electrons. The minimum Gasteiger partial charge on any atom is -0.477 e. The van der Waals surface area contributed by atoms with Crippen molar-refractivity contribution in [1.29, 1.82) is 0 Å². The number of ketones is 1. The van der Waals surface area contributed by atoms with Gasteiger partial charge in [-0.3, -0.25) is 9.69 Å². The molecule has 0 saturated heterocycles. The zero-order valence-corrected chi connectivity index (χ0v) is 19.4. The molecule has 0 unspecified atom stereocenters. The summed E-state index contributed by atoms with van der Waals surface area (Å²) in [5.41, 5.74) is 4.08. The van der Waals surface area contributed by atoms with Gasteiger partial charge in [0.2, 0.25) is 5.78 Å². The van der Waals surface area contributed by atoms with Crippen molar-refractivity contribution in [2.45, 2.75) is 20.0 Å². The number of hydrogen-bond acceptors (Lipinski definition) is 4. The zero-order valence-electron chi connectivity index (χ0n) is 17.1. The second-order valence-electron chi connectivity index (χ2n) is 7.84. The molecule has 0 spiro atoms. The quantitative estimate of drug-likeness (QED) is 0.377. The van der Waals surface area contributed by atoms with Gasteiger partial charge in [0.05, 0.1) is 15.6 Å². The van der Waals surface area contributed by atoms with Crippen LogP contribution in [0.1, 0.15) is 32.6 Å². The van der Waals surface area contributed by atoms with Crippen LogP contribution in [0.15, 0.2) is 54.3 Å². The van der Waals surface area contributed by atoms with Crippen LogP contribution in [0.2, 0.25) is 15.1 Å². The largest absolute Gasteiger partial charge is 0.477 e. The molecule has 7 heteroatoms. The van der Waals surface area contributed by atoms with Gasteiger partial charge >= 0.3 is 0 Å². The van der Waals surface area contributed by atoms with E-state index in [-0.39, 0.29) is 11.5 Å². The molecule has 3 aromatic rings. The van der Waals surface area contributed by atoms with Crippen LogP contribution in [0.25, 0.3) is 6.08 Å². The lowest BCUT2D eigenvalue weighted by molar-refractivity contribution is 0.0876. The van der Waals surface area contributed by atoms with E-state index in [1.165, 1.54) is 0 Å². The van der Waals surface area contributed by atoms with E-state index in [0.717, 1.165) is 28.0 Å². The Morgan fingerprint density at radius 3 is 2.59 bits per heavy atom. The summed E-state index contributed by atoms with van der Waals surface area (Å²) in [7, 11) is 0. The van der Waals surface area contributed by atoms with Crippen LogP contribution < -0.4 is 9.47 Å². The Morgan fingerprint density at radius 2 is 1.81 bits per heavy atom. The van der Waals surface area contributed by atoms with E-state index in [1.807, 2.05) is 43.3 Å². The van der Waals surface area contributed by atoms with E-state index < -0.39 is 0 Å². The molecule has 2 aliphatic heterocycles. The Balaban J connectivity index is 1.42. The van der Waals surface area contributed by atoms with Crippen molar-refractivity contribution in [3.63, 3.8) is 0 Å². The molecule has 0 bridgehead atoms. The first-order valence-electron chi connectivity index (χ1n) is 10.0. The maximum absolute atomic E-state index is 13.1. The third-order valence-electron chi connectivity index (χ3n) is 5.58. The van der Waals surface area contributed by atoms with Gasteiger partial charge in [-0.1, -0.05) is 59.1 Å². The summed E-state index contributed by atoms with van der Waals surface area (Å²) in [6.07, 6.45) is 1.68. The molecule has 0 N–H and O–H groups in total. The third kappa shape index (κ3) is 3.89. The van der Waals surface area contributed by atoms with Gasteiger partial charge in [0, 0.05) is 29.2 Å². The van der Waals surface area contributed by atoms with Crippen LogP contribution in [-0.4, -0.2) is 17.4 Å². The number of carbonyl (C=O) groups excluding carboxylic acids is 1. The topological polar surface area (TPSA) is 38.8 Å². The van der Waals surface area contributed by atoms with Crippen molar-refractivity contribution >= 4 is 46.7 Å². The monoisotopic (exact) mass is 485 g/mol. The van der Waals surface area contributed by atoms with E-state index in [9.17, 15) is 4.79 Å². The van der Waals surface area contributed by atoms with E-state index in [2.05, 4.69) is 4.90 Å². The third-order valence-corrected chi connectivity index (χ3v) is 6.67. The van der Waals surface area contributed by atoms with Gasteiger partial charge in [0.15, 0.2) is 5.76 Å². The molecule has 32 heavy (non-hydrogen) atoms. The molecule has 0 aromatic heterocycles. The molecule has 0 atom stereocenters. The number of nitrogens with zero attached hydrogens (tertiary/aromatic N) is 1. The molecule has 0 saturated carbocycles. The van der Waals surface area contributed by atoms with Crippen LogP contribution in [-0.2, 0) is 13.1 Å². The Bertz CT molecular complexity index is 1290. The fraction of sp³-hybridized carbons (Fsp3) is 0.160. The molecule has 2 heterocycles. The fourth-order valence-corrected chi connectivity index (χ4v) is 4.54. The lowest BCUT2D eigenvalue weighted by Crippen LogP contribution is -2.32. The van der Waals surface area contributed by atoms with Gasteiger partial charge in [-0.2, -0.15) is 0 Å². The number of halogens is 3. The predicted molar refractivity (Wildman–Crippen MR) is 127 cm³/mol. The molecule has 0 radical (unpaired) electrons. The summed E-state index contributed by atoms with van der Waals surface area (Å²) >= 11 is 18.4. The number of hydrogen-bond donors (Lipinski definition) is 0. The van der Waals surface area contributed by atoms with Crippen molar-refractivity contribution in [2.75, 3.05) is 6.73 Å². The van der Waals surface area contributed by atoms with Crippen molar-refractivity contribution in [3.8, 4) is 11.5 Å². The summed E-state index contributed by atoms with van der Waals surface area (Å²) in [5, 5.41) is 1.61. The molecule has 0 amide bonds. The van der Waals surface area contributed by atoms with Gasteiger partial charge in [-0.05, 0) is 48.4 Å². The fourth-order valence-electron chi connectivity index (χ4n) is 4.03. The summed E-state index contributed by atoms with van der Waals surface area (Å²) in [6.45, 7) is 3.62. The van der Waals surface area contributed by atoms with Crippen LogP contribution >= 0.6 is 34.8 Å². The van der Waals surface area contributed by atoms with Gasteiger partial charge in [-0.15, -0.1) is 0 Å². The van der Waals surface area contributed by atoms with Crippen molar-refractivity contribution in [2.24, 2.45) is 0 Å². The number of benzene rings is 3. The van der Waals surface area contributed by atoms with E-state index in [1.54, 1.807) is 18.2 Å². The molecule has 2 aliphatic rings. The molecular formula is C25H18Cl3NO3. The highest BCUT2D eigenvalue weighted by Gasteiger charge is 2.33. The highest BCUT2D eigenvalue weighted by molar-refractivity contribution is 6.42. The summed E-state index contributed by atoms with van der Waals surface area (Å²) in [4.78, 5) is 15.2. The highest BCUT2D eigenvalue weighted by Crippen LogP contribution is 2.43. The maximum Gasteiger partial charge on any atom is 0.231 e. The van der Waals surface area contributed by atoms with Crippen molar-refractivity contribution in [3.05, 3.63) is 97.2 Å². The Hall–Kier alpha value is -2.50. The summed E-state index contributed by atoms with van der Waals surface area (Å²) in [5.74, 6) is 1.41. The minimum absolute atomic E-state index is 0.160. The second-order valence-corrected chi connectivity index (χ2v) is 9.06. The van der Waals surface area contributed by atoms with E-state index in [4.69, 9.17) is 44.3 Å². The summed E-state index contributed by atoms with van der Waals surface area (Å²) < 4.78 is 12.0. The average Bonchev–Trinajstić information content (AvgIpc) is 3.08. The molecule has 0 fully saturated rings. The Kier molecular flexibility index (Phi) is 5.64. The SMILES string of the molecule is Cc1c2c(cc3c1O/C(=C\c1ccccc1Cl)C3=O)CN(Cc1ccc(Cl)c(Cl)c1)CO2. The second kappa shape index (κ2) is 8.45. The zero-order chi connectivity index (χ0) is 22.4. The maximum atomic E-state index is 13.1. The molecule has 3 aromatic carbocycles. The number of ether oxygens (including phenoxy) is 2. The van der Waals surface area contributed by atoms with E-state index in [0.29, 0.717) is 46.2 Å². The summed E-state index contributed by atoms with van der Waals surface area (Å²) in [6, 6.07) is 14.8. The number of rotatable bonds is 3. The first-order valence-corrected chi connectivity index (χ1v) is 11.2. The van der Waals surface area contributed by atoms with Gasteiger partial charge < -0.3 is 9.47 Å². The molecule has 0 aliphatic carbocycles. The number of fused-ring (bicyclic) bond motifs is 2. The number of Topliss-reactive ketones (excluding diaryl/α,β-unsaturated/α-hetero) is 1. The van der Waals surface area contributed by atoms with Crippen LogP contribution in [0, 0.1) is 6.92 Å². The van der Waals surface area contributed by atoms with Gasteiger partial charge in [-0.25, -0.2) is 0 Å².